The van der Waals surface area contributed by atoms with Crippen LogP contribution < -0.4 is 10.5 Å². The van der Waals surface area contributed by atoms with E-state index >= 15 is 0 Å². The van der Waals surface area contributed by atoms with E-state index in [0.29, 0.717) is 60.9 Å². The van der Waals surface area contributed by atoms with E-state index in [1.165, 1.54) is 7.11 Å². The molecule has 2 aromatic carbocycles. The van der Waals surface area contributed by atoms with Gasteiger partial charge >= 0.3 is 5.97 Å². The first-order valence-corrected chi connectivity index (χ1v) is 12.6. The van der Waals surface area contributed by atoms with Crippen molar-refractivity contribution in [3.63, 3.8) is 0 Å². The smallest absolute Gasteiger partial charge is 0.340 e. The summed E-state index contributed by atoms with van der Waals surface area (Å²) in [6.45, 7) is 0.249. The number of hydrogen-bond donors (Lipinski definition) is 1. The summed E-state index contributed by atoms with van der Waals surface area (Å²) in [7, 11) is 1.26. The molecule has 1 aliphatic heterocycles. The molecule has 0 bridgehead atoms. The summed E-state index contributed by atoms with van der Waals surface area (Å²) in [5, 5.41) is 0.907. The largest absolute Gasteiger partial charge is 0.487 e. The standard InChI is InChI=1S/C24H19Br2Cl2NO5/c1-32-24(31)21-19(20-17(30)3-2-4-18(20)34-23(21)29)12-8-13(25)22(14(26)9-12)33-10-11-5-6-15(27)16(28)7-11/h5-9,19H,2-4,10,29H2,1H3/t19-/m0/s1. The van der Waals surface area contributed by atoms with Gasteiger partial charge in [-0.25, -0.2) is 4.79 Å². The van der Waals surface area contributed by atoms with Crippen LogP contribution in [-0.2, 0) is 25.7 Å². The number of allylic oxidation sites excluding steroid dienone is 2. The summed E-state index contributed by atoms with van der Waals surface area (Å²) in [5.41, 5.74) is 8.15. The van der Waals surface area contributed by atoms with E-state index in [-0.39, 0.29) is 23.8 Å². The van der Waals surface area contributed by atoms with Crippen molar-refractivity contribution in [1.29, 1.82) is 0 Å². The first kappa shape index (κ1) is 25.1. The second-order valence-electron chi connectivity index (χ2n) is 7.77. The Balaban J connectivity index is 1.72. The molecule has 0 saturated heterocycles. The van der Waals surface area contributed by atoms with Gasteiger partial charge in [0.2, 0.25) is 5.88 Å². The van der Waals surface area contributed by atoms with Crippen molar-refractivity contribution < 1.29 is 23.8 Å². The molecule has 2 aromatic rings. The average molecular weight is 632 g/mol. The molecule has 0 aromatic heterocycles. The number of nitrogens with two attached hydrogens (primary N) is 1. The summed E-state index contributed by atoms with van der Waals surface area (Å²) in [5.74, 6) is -0.466. The lowest BCUT2D eigenvalue weighted by molar-refractivity contribution is -0.136. The average Bonchev–Trinajstić information content (AvgIpc) is 2.79. The van der Waals surface area contributed by atoms with Gasteiger partial charge in [-0.15, -0.1) is 0 Å². The molecule has 0 amide bonds. The van der Waals surface area contributed by atoms with Gasteiger partial charge in [0, 0.05) is 18.4 Å². The van der Waals surface area contributed by atoms with Gasteiger partial charge < -0.3 is 19.9 Å². The van der Waals surface area contributed by atoms with Gasteiger partial charge in [-0.1, -0.05) is 29.3 Å². The molecule has 0 spiro atoms. The summed E-state index contributed by atoms with van der Waals surface area (Å²) < 4.78 is 17.9. The molecule has 0 radical (unpaired) electrons. The van der Waals surface area contributed by atoms with E-state index in [0.717, 1.165) is 5.56 Å². The van der Waals surface area contributed by atoms with Gasteiger partial charge in [-0.05, 0) is 73.7 Å². The van der Waals surface area contributed by atoms with Crippen molar-refractivity contribution >= 4 is 66.8 Å². The van der Waals surface area contributed by atoms with Crippen LogP contribution in [0.1, 0.15) is 36.3 Å². The molecule has 1 heterocycles. The summed E-state index contributed by atoms with van der Waals surface area (Å²) >= 11 is 19.2. The van der Waals surface area contributed by atoms with E-state index in [2.05, 4.69) is 31.9 Å². The van der Waals surface area contributed by atoms with Gasteiger partial charge in [0.1, 0.15) is 23.7 Å². The zero-order valence-electron chi connectivity index (χ0n) is 17.9. The van der Waals surface area contributed by atoms with Crippen LogP contribution >= 0.6 is 55.1 Å². The lowest BCUT2D eigenvalue weighted by atomic mass is 9.77. The third-order valence-corrected chi connectivity index (χ3v) is 7.53. The maximum absolute atomic E-state index is 12.9. The minimum Gasteiger partial charge on any atom is -0.487 e. The van der Waals surface area contributed by atoms with Gasteiger partial charge in [0.15, 0.2) is 5.78 Å². The zero-order valence-corrected chi connectivity index (χ0v) is 22.6. The Hall–Kier alpha value is -2.00. The maximum atomic E-state index is 12.9. The van der Waals surface area contributed by atoms with Gasteiger partial charge in [0.25, 0.3) is 0 Å². The Morgan fingerprint density at radius 3 is 2.50 bits per heavy atom. The van der Waals surface area contributed by atoms with Crippen LogP contribution in [0.25, 0.3) is 0 Å². The molecule has 6 nitrogen and oxygen atoms in total. The fourth-order valence-electron chi connectivity index (χ4n) is 4.07. The number of ether oxygens (including phenoxy) is 3. The van der Waals surface area contributed by atoms with Crippen LogP contribution in [-0.4, -0.2) is 18.9 Å². The van der Waals surface area contributed by atoms with Gasteiger partial charge in [0.05, 0.1) is 32.0 Å². The molecule has 2 aliphatic rings. The number of methoxy groups -OCH3 is 1. The normalized spacial score (nSPS) is 17.9. The highest BCUT2D eigenvalue weighted by Crippen LogP contribution is 2.47. The molecule has 0 unspecified atom stereocenters. The van der Waals surface area contributed by atoms with E-state index in [1.807, 2.05) is 6.07 Å². The third kappa shape index (κ3) is 4.87. The number of carbonyl (C=O) groups is 2. The predicted octanol–water partition coefficient (Wildman–Crippen LogP) is 6.56. The van der Waals surface area contributed by atoms with Crippen molar-refractivity contribution in [2.75, 3.05) is 7.11 Å². The SMILES string of the molecule is COC(=O)C1=C(N)OC2=C(C(=O)CCC2)[C@@H]1c1cc(Br)c(OCc2ccc(Cl)c(Cl)c2)c(Br)c1. The van der Waals surface area contributed by atoms with Crippen LogP contribution in [0.5, 0.6) is 5.75 Å². The topological polar surface area (TPSA) is 87.9 Å². The summed E-state index contributed by atoms with van der Waals surface area (Å²) in [4.78, 5) is 25.5. The number of rotatable bonds is 5. The van der Waals surface area contributed by atoms with Crippen LogP contribution in [0.15, 0.2) is 62.1 Å². The molecule has 4 rings (SSSR count). The lowest BCUT2D eigenvalue weighted by Crippen LogP contribution is -2.31. The van der Waals surface area contributed by atoms with Crippen LogP contribution in [0.3, 0.4) is 0 Å². The monoisotopic (exact) mass is 629 g/mol. The molecule has 1 atom stereocenters. The first-order chi connectivity index (χ1) is 16.2. The number of esters is 1. The van der Waals surface area contributed by atoms with Crippen LogP contribution in [0.2, 0.25) is 10.0 Å². The predicted molar refractivity (Wildman–Crippen MR) is 136 cm³/mol. The molecule has 1 aliphatic carbocycles. The minimum atomic E-state index is -0.722. The Bertz CT molecular complexity index is 1230. The third-order valence-electron chi connectivity index (χ3n) is 5.61. The van der Waals surface area contributed by atoms with Crippen molar-refractivity contribution in [2.24, 2.45) is 5.73 Å². The highest BCUT2D eigenvalue weighted by atomic mass is 79.9. The Kier molecular flexibility index (Phi) is 7.62. The fourth-order valence-corrected chi connectivity index (χ4v) is 5.84. The minimum absolute atomic E-state index is 0.0579. The van der Waals surface area contributed by atoms with Crippen LogP contribution in [0.4, 0.5) is 0 Å². The molecule has 0 fully saturated rings. The number of carbonyl (C=O) groups excluding carboxylic acids is 2. The number of ketones is 1. The van der Waals surface area contributed by atoms with E-state index in [4.69, 9.17) is 43.1 Å². The molecule has 10 heteroatoms. The Labute approximate surface area is 223 Å². The van der Waals surface area contributed by atoms with Gasteiger partial charge in [-0.3, -0.25) is 4.79 Å². The van der Waals surface area contributed by atoms with Crippen molar-refractivity contribution in [2.45, 2.75) is 31.8 Å². The lowest BCUT2D eigenvalue weighted by Gasteiger charge is -2.32. The first-order valence-electron chi connectivity index (χ1n) is 10.3. The van der Waals surface area contributed by atoms with Gasteiger partial charge in [-0.2, -0.15) is 0 Å². The summed E-state index contributed by atoms with van der Waals surface area (Å²) in [6, 6.07) is 8.87. The molecule has 0 saturated carbocycles. The molecular weight excluding hydrogens is 613 g/mol. The van der Waals surface area contributed by atoms with Crippen molar-refractivity contribution in [3.05, 3.63) is 83.2 Å². The van der Waals surface area contributed by atoms with E-state index in [1.54, 1.807) is 24.3 Å². The van der Waals surface area contributed by atoms with Crippen molar-refractivity contribution in [1.82, 2.24) is 0 Å². The highest BCUT2D eigenvalue weighted by molar-refractivity contribution is 9.11. The number of Topliss-reactive ketones (excluding diaryl/α,β-unsaturated/α-hetero) is 1. The Morgan fingerprint density at radius 2 is 1.85 bits per heavy atom. The molecule has 178 valence electrons. The van der Waals surface area contributed by atoms with Crippen molar-refractivity contribution in [3.8, 4) is 5.75 Å². The van der Waals surface area contributed by atoms with Crippen LogP contribution in [0, 0.1) is 0 Å². The molecular formula is C24H19Br2Cl2NO5. The van der Waals surface area contributed by atoms with E-state index < -0.39 is 11.9 Å². The quantitative estimate of drug-likeness (QED) is 0.376. The molecule has 2 N–H and O–H groups in total. The number of hydrogen-bond acceptors (Lipinski definition) is 6. The number of benzene rings is 2. The molecule has 34 heavy (non-hydrogen) atoms. The summed E-state index contributed by atoms with van der Waals surface area (Å²) in [6.07, 6.45) is 1.61. The fraction of sp³-hybridized carbons (Fsp3) is 0.250. The van der Waals surface area contributed by atoms with E-state index in [9.17, 15) is 9.59 Å². The zero-order chi connectivity index (χ0) is 24.6. The second kappa shape index (κ2) is 10.3. The maximum Gasteiger partial charge on any atom is 0.340 e. The second-order valence-corrected chi connectivity index (χ2v) is 10.3. The highest BCUT2D eigenvalue weighted by Gasteiger charge is 2.41. The number of halogens is 4. The Morgan fingerprint density at radius 1 is 1.15 bits per heavy atom.